The number of carbonyl (C=O) groups is 2. The van der Waals surface area contributed by atoms with Crippen LogP contribution in [0.3, 0.4) is 0 Å². The fourth-order valence-corrected chi connectivity index (χ4v) is 2.37. The van der Waals surface area contributed by atoms with Gasteiger partial charge in [0.05, 0.1) is 0 Å². The number of benzene rings is 1. The average molecular weight is 373 g/mol. The summed E-state index contributed by atoms with van der Waals surface area (Å²) in [5.74, 6) is 0.333. The zero-order chi connectivity index (χ0) is 20.0. The molecule has 7 heteroatoms. The summed E-state index contributed by atoms with van der Waals surface area (Å²) in [5, 5.41) is 6.37. The first-order chi connectivity index (χ1) is 12.6. The summed E-state index contributed by atoms with van der Waals surface area (Å²) in [6.07, 6.45) is 0.696. The number of ether oxygens (including phenoxy) is 1. The zero-order valence-electron chi connectivity index (χ0n) is 16.5. The molecule has 0 saturated heterocycles. The molecule has 1 N–H and O–H groups in total. The van der Waals surface area contributed by atoms with Gasteiger partial charge in [-0.3, -0.25) is 9.59 Å². The zero-order valence-corrected chi connectivity index (χ0v) is 16.5. The third kappa shape index (κ3) is 6.51. The molecule has 1 heterocycles. The van der Waals surface area contributed by atoms with Crippen LogP contribution in [0.15, 0.2) is 28.8 Å². The highest BCUT2D eigenvalue weighted by Crippen LogP contribution is 2.22. The normalized spacial score (nSPS) is 11.5. The number of nitrogens with zero attached hydrogens (tertiary/aromatic N) is 2. The van der Waals surface area contributed by atoms with Crippen molar-refractivity contribution in [1.82, 2.24) is 15.5 Å². The first-order valence-corrected chi connectivity index (χ1v) is 9.01. The van der Waals surface area contributed by atoms with Gasteiger partial charge in [0.25, 0.3) is 11.8 Å². The second kappa shape index (κ2) is 8.79. The Balaban J connectivity index is 1.78. The standard InChI is InChI=1S/C20H27N3O4/c1-13(2)10-16-22-17(27-23-16)12-26-18(24)11-21-19(25)14-6-8-15(9-7-14)20(3,4)5/h6-9,13H,10-12H2,1-5H3,(H,21,25). The Bertz CT molecular complexity index is 773. The molecule has 0 aliphatic rings. The van der Waals surface area contributed by atoms with Crippen molar-refractivity contribution in [2.75, 3.05) is 6.54 Å². The molecule has 0 radical (unpaired) electrons. The van der Waals surface area contributed by atoms with Crippen molar-refractivity contribution < 1.29 is 18.8 Å². The largest absolute Gasteiger partial charge is 0.454 e. The summed E-state index contributed by atoms with van der Waals surface area (Å²) in [5.41, 5.74) is 1.64. The Morgan fingerprint density at radius 2 is 1.85 bits per heavy atom. The SMILES string of the molecule is CC(C)Cc1noc(COC(=O)CNC(=O)c2ccc(C(C)(C)C)cc2)n1. The lowest BCUT2D eigenvalue weighted by molar-refractivity contribution is -0.144. The molecule has 1 aromatic heterocycles. The number of carbonyl (C=O) groups excluding carboxylic acids is 2. The van der Waals surface area contributed by atoms with Gasteiger partial charge in [0.15, 0.2) is 12.4 Å². The van der Waals surface area contributed by atoms with Crippen LogP contribution in [-0.4, -0.2) is 28.6 Å². The van der Waals surface area contributed by atoms with Gasteiger partial charge < -0.3 is 14.6 Å². The average Bonchev–Trinajstić information content (AvgIpc) is 3.03. The van der Waals surface area contributed by atoms with Gasteiger partial charge in [0, 0.05) is 12.0 Å². The highest BCUT2D eigenvalue weighted by atomic mass is 16.6. The van der Waals surface area contributed by atoms with E-state index in [0.717, 1.165) is 5.56 Å². The van der Waals surface area contributed by atoms with E-state index >= 15 is 0 Å². The Labute approximate surface area is 159 Å². The van der Waals surface area contributed by atoms with Gasteiger partial charge >= 0.3 is 5.97 Å². The van der Waals surface area contributed by atoms with Crippen molar-refractivity contribution >= 4 is 11.9 Å². The van der Waals surface area contributed by atoms with E-state index in [1.54, 1.807) is 12.1 Å². The highest BCUT2D eigenvalue weighted by molar-refractivity contribution is 5.95. The Hall–Kier alpha value is -2.70. The van der Waals surface area contributed by atoms with Crippen molar-refractivity contribution in [3.63, 3.8) is 0 Å². The summed E-state index contributed by atoms with van der Waals surface area (Å²) in [6.45, 7) is 10.1. The van der Waals surface area contributed by atoms with Crippen LogP contribution >= 0.6 is 0 Å². The van der Waals surface area contributed by atoms with E-state index in [9.17, 15) is 9.59 Å². The fraction of sp³-hybridized carbons (Fsp3) is 0.500. The molecular weight excluding hydrogens is 346 g/mol. The molecule has 0 aliphatic carbocycles. The van der Waals surface area contributed by atoms with E-state index in [-0.39, 0.29) is 30.4 Å². The molecule has 0 aliphatic heterocycles. The van der Waals surface area contributed by atoms with Crippen molar-refractivity contribution in [3.05, 3.63) is 47.1 Å². The van der Waals surface area contributed by atoms with Gasteiger partial charge in [0.2, 0.25) is 0 Å². The van der Waals surface area contributed by atoms with E-state index < -0.39 is 5.97 Å². The first kappa shape index (κ1) is 20.6. The van der Waals surface area contributed by atoms with Gasteiger partial charge in [-0.1, -0.05) is 51.9 Å². The molecule has 1 amide bonds. The molecule has 7 nitrogen and oxygen atoms in total. The van der Waals surface area contributed by atoms with E-state index in [2.05, 4.69) is 50.1 Å². The summed E-state index contributed by atoms with van der Waals surface area (Å²) < 4.78 is 10.1. The number of esters is 1. The molecule has 2 aromatic rings. The number of hydrogen-bond donors (Lipinski definition) is 1. The summed E-state index contributed by atoms with van der Waals surface area (Å²) >= 11 is 0. The topological polar surface area (TPSA) is 94.3 Å². The number of amides is 1. The van der Waals surface area contributed by atoms with Crippen LogP contribution in [-0.2, 0) is 28.0 Å². The van der Waals surface area contributed by atoms with Crippen LogP contribution in [0.5, 0.6) is 0 Å². The monoisotopic (exact) mass is 373 g/mol. The highest BCUT2D eigenvalue weighted by Gasteiger charge is 2.15. The molecule has 0 saturated carbocycles. The lowest BCUT2D eigenvalue weighted by atomic mass is 9.87. The van der Waals surface area contributed by atoms with E-state index in [0.29, 0.717) is 23.7 Å². The maximum Gasteiger partial charge on any atom is 0.325 e. The number of aromatic nitrogens is 2. The van der Waals surface area contributed by atoms with Crippen LogP contribution in [0, 0.1) is 5.92 Å². The minimum absolute atomic E-state index is 0.0165. The fourth-order valence-electron chi connectivity index (χ4n) is 2.37. The van der Waals surface area contributed by atoms with E-state index in [1.807, 2.05) is 12.1 Å². The van der Waals surface area contributed by atoms with Crippen molar-refractivity contribution in [2.45, 2.75) is 53.1 Å². The molecule has 0 bridgehead atoms. The van der Waals surface area contributed by atoms with Crippen LogP contribution in [0.2, 0.25) is 0 Å². The molecule has 27 heavy (non-hydrogen) atoms. The predicted octanol–water partition coefficient (Wildman–Crippen LogP) is 3.04. The number of rotatable bonds is 7. The van der Waals surface area contributed by atoms with E-state index in [1.165, 1.54) is 0 Å². The molecule has 0 atom stereocenters. The molecule has 0 unspecified atom stereocenters. The van der Waals surface area contributed by atoms with Gasteiger partial charge in [-0.05, 0) is 29.0 Å². The quantitative estimate of drug-likeness (QED) is 0.750. The molecular formula is C20H27N3O4. The van der Waals surface area contributed by atoms with Crippen LogP contribution < -0.4 is 5.32 Å². The van der Waals surface area contributed by atoms with Crippen molar-refractivity contribution in [3.8, 4) is 0 Å². The van der Waals surface area contributed by atoms with Crippen LogP contribution in [0.25, 0.3) is 0 Å². The van der Waals surface area contributed by atoms with Crippen molar-refractivity contribution in [2.24, 2.45) is 5.92 Å². The predicted molar refractivity (Wildman–Crippen MR) is 100 cm³/mol. The smallest absolute Gasteiger partial charge is 0.325 e. The lowest BCUT2D eigenvalue weighted by Gasteiger charge is -2.19. The number of nitrogens with one attached hydrogen (secondary N) is 1. The van der Waals surface area contributed by atoms with Gasteiger partial charge in [0.1, 0.15) is 6.54 Å². The third-order valence-electron chi connectivity index (χ3n) is 3.86. The van der Waals surface area contributed by atoms with Crippen LogP contribution in [0.1, 0.15) is 62.3 Å². The minimum Gasteiger partial charge on any atom is -0.454 e. The van der Waals surface area contributed by atoms with Gasteiger partial charge in [-0.15, -0.1) is 0 Å². The molecule has 0 fully saturated rings. The van der Waals surface area contributed by atoms with Crippen molar-refractivity contribution in [1.29, 1.82) is 0 Å². The van der Waals surface area contributed by atoms with E-state index in [4.69, 9.17) is 9.26 Å². The Morgan fingerprint density at radius 1 is 1.19 bits per heavy atom. The first-order valence-electron chi connectivity index (χ1n) is 9.01. The van der Waals surface area contributed by atoms with Gasteiger partial charge in [-0.2, -0.15) is 4.98 Å². The summed E-state index contributed by atoms with van der Waals surface area (Å²) in [6, 6.07) is 7.32. The molecule has 146 valence electrons. The Kier molecular flexibility index (Phi) is 6.71. The Morgan fingerprint density at radius 3 is 2.44 bits per heavy atom. The summed E-state index contributed by atoms with van der Waals surface area (Å²) in [7, 11) is 0. The molecule has 0 spiro atoms. The minimum atomic E-state index is -0.571. The molecule has 1 aromatic carbocycles. The lowest BCUT2D eigenvalue weighted by Crippen LogP contribution is -2.30. The van der Waals surface area contributed by atoms with Gasteiger partial charge in [-0.25, -0.2) is 0 Å². The molecule has 2 rings (SSSR count). The summed E-state index contributed by atoms with van der Waals surface area (Å²) in [4.78, 5) is 28.1. The maximum absolute atomic E-state index is 12.1. The second-order valence-corrected chi connectivity index (χ2v) is 7.87. The second-order valence-electron chi connectivity index (χ2n) is 7.87. The van der Waals surface area contributed by atoms with Crippen LogP contribution in [0.4, 0.5) is 0 Å². The third-order valence-corrected chi connectivity index (χ3v) is 3.86. The maximum atomic E-state index is 12.1. The number of hydrogen-bond acceptors (Lipinski definition) is 6.